The van der Waals surface area contributed by atoms with Crippen LogP contribution in [0.4, 0.5) is 0 Å². The maximum absolute atomic E-state index is 11.7. The highest BCUT2D eigenvalue weighted by Crippen LogP contribution is 2.28. The number of carboxylic acids is 1. The molecule has 0 aliphatic heterocycles. The van der Waals surface area contributed by atoms with Crippen LogP contribution in [0.15, 0.2) is 36.4 Å². The van der Waals surface area contributed by atoms with E-state index >= 15 is 0 Å². The van der Waals surface area contributed by atoms with Crippen LogP contribution in [-0.4, -0.2) is 25.8 Å². The predicted molar refractivity (Wildman–Crippen MR) is 85.0 cm³/mol. The van der Waals surface area contributed by atoms with Crippen LogP contribution in [0.2, 0.25) is 0 Å². The number of carboxylic acid groups (broad SMARTS) is 1. The lowest BCUT2D eigenvalue weighted by Crippen LogP contribution is -2.05. The maximum atomic E-state index is 11.7. The number of fused-ring (bicyclic) bond motifs is 1. The molecule has 0 amide bonds. The molecule has 1 N–H and O–H groups in total. The Balaban J connectivity index is 2.38. The number of hydrogen-bond acceptors (Lipinski definition) is 3. The number of aromatic nitrogens is 3. The topological polar surface area (TPSA) is 68.0 Å². The van der Waals surface area contributed by atoms with Crippen LogP contribution in [0.25, 0.3) is 22.3 Å². The second-order valence-corrected chi connectivity index (χ2v) is 5.55. The quantitative estimate of drug-likeness (QED) is 0.800. The van der Waals surface area contributed by atoms with E-state index in [4.69, 9.17) is 0 Å². The van der Waals surface area contributed by atoms with Crippen molar-refractivity contribution in [3.05, 3.63) is 47.7 Å². The summed E-state index contributed by atoms with van der Waals surface area (Å²) in [5, 5.41) is 14.6. The molecule has 0 aliphatic rings. The van der Waals surface area contributed by atoms with Crippen molar-refractivity contribution in [2.75, 3.05) is 0 Å². The first kappa shape index (κ1) is 14.3. The van der Waals surface area contributed by atoms with Crippen molar-refractivity contribution in [2.24, 2.45) is 0 Å². The minimum atomic E-state index is -0.962. The Morgan fingerprint density at radius 2 is 1.91 bits per heavy atom. The van der Waals surface area contributed by atoms with Gasteiger partial charge >= 0.3 is 5.97 Å². The number of aromatic carboxylic acids is 1. The van der Waals surface area contributed by atoms with Gasteiger partial charge in [-0.15, -0.1) is 0 Å². The minimum Gasteiger partial charge on any atom is -0.478 e. The van der Waals surface area contributed by atoms with E-state index in [0.717, 1.165) is 5.56 Å². The molecule has 0 bridgehead atoms. The summed E-state index contributed by atoms with van der Waals surface area (Å²) in [6.07, 6.45) is 0. The number of hydrogen-bond donors (Lipinski definition) is 1. The smallest absolute Gasteiger partial charge is 0.336 e. The summed E-state index contributed by atoms with van der Waals surface area (Å²) < 4.78 is 1.78. The molecule has 0 saturated carbocycles. The molecule has 5 heteroatoms. The Bertz CT molecular complexity index is 851. The van der Waals surface area contributed by atoms with Crippen LogP contribution < -0.4 is 0 Å². The molecule has 3 rings (SSSR count). The lowest BCUT2D eigenvalue weighted by atomic mass is 10.1. The van der Waals surface area contributed by atoms with Crippen LogP contribution >= 0.6 is 0 Å². The molecule has 22 heavy (non-hydrogen) atoms. The molecule has 1 aromatic carbocycles. The van der Waals surface area contributed by atoms with Gasteiger partial charge in [-0.25, -0.2) is 14.5 Å². The summed E-state index contributed by atoms with van der Waals surface area (Å²) in [7, 11) is 0. The number of pyridine rings is 1. The molecule has 2 aromatic heterocycles. The summed E-state index contributed by atoms with van der Waals surface area (Å²) in [5.41, 5.74) is 3.08. The number of rotatable bonds is 3. The third kappa shape index (κ3) is 2.24. The molecule has 0 saturated heterocycles. The van der Waals surface area contributed by atoms with Crippen molar-refractivity contribution >= 4 is 17.0 Å². The molecule has 0 fully saturated rings. The van der Waals surface area contributed by atoms with E-state index in [1.54, 1.807) is 10.7 Å². The van der Waals surface area contributed by atoms with Crippen molar-refractivity contribution in [2.45, 2.75) is 26.8 Å². The van der Waals surface area contributed by atoms with Gasteiger partial charge in [0.25, 0.3) is 0 Å². The highest BCUT2D eigenvalue weighted by Gasteiger charge is 2.20. The highest BCUT2D eigenvalue weighted by atomic mass is 16.4. The lowest BCUT2D eigenvalue weighted by molar-refractivity contribution is 0.0699. The molecule has 0 radical (unpaired) electrons. The van der Waals surface area contributed by atoms with E-state index in [2.05, 4.69) is 10.1 Å². The molecule has 0 spiro atoms. The van der Waals surface area contributed by atoms with Crippen molar-refractivity contribution in [1.82, 2.24) is 14.8 Å². The first-order valence-corrected chi connectivity index (χ1v) is 7.17. The number of benzene rings is 1. The summed E-state index contributed by atoms with van der Waals surface area (Å²) in [6, 6.07) is 11.3. The molecule has 3 aromatic rings. The van der Waals surface area contributed by atoms with Crippen molar-refractivity contribution in [3.8, 4) is 11.3 Å². The molecule has 5 nitrogen and oxygen atoms in total. The van der Waals surface area contributed by atoms with Gasteiger partial charge in [0.05, 0.1) is 22.3 Å². The van der Waals surface area contributed by atoms with Crippen LogP contribution in [0.5, 0.6) is 0 Å². The van der Waals surface area contributed by atoms with E-state index in [1.807, 2.05) is 51.1 Å². The summed E-state index contributed by atoms with van der Waals surface area (Å²) >= 11 is 0. The first-order chi connectivity index (χ1) is 10.5. The van der Waals surface area contributed by atoms with Crippen LogP contribution in [0, 0.1) is 6.92 Å². The molecule has 112 valence electrons. The van der Waals surface area contributed by atoms with Gasteiger partial charge in [0, 0.05) is 11.6 Å². The second-order valence-electron chi connectivity index (χ2n) is 5.55. The van der Waals surface area contributed by atoms with Crippen LogP contribution in [0.1, 0.15) is 35.9 Å². The van der Waals surface area contributed by atoms with E-state index in [-0.39, 0.29) is 11.6 Å². The third-order valence-corrected chi connectivity index (χ3v) is 3.63. The fourth-order valence-electron chi connectivity index (χ4n) is 2.60. The monoisotopic (exact) mass is 295 g/mol. The van der Waals surface area contributed by atoms with Gasteiger partial charge in [-0.3, -0.25) is 0 Å². The first-order valence-electron chi connectivity index (χ1n) is 7.17. The Kier molecular flexibility index (Phi) is 3.41. The SMILES string of the molecule is Cc1nn(C(C)C)c2nc(-c3ccccc3)cc(C(=O)O)c12. The Hall–Kier alpha value is -2.69. The second kappa shape index (κ2) is 5.26. The van der Waals surface area contributed by atoms with Gasteiger partial charge in [-0.2, -0.15) is 5.10 Å². The van der Waals surface area contributed by atoms with Crippen molar-refractivity contribution in [1.29, 1.82) is 0 Å². The predicted octanol–water partition coefficient (Wildman–Crippen LogP) is 3.69. The van der Waals surface area contributed by atoms with Gasteiger partial charge in [0.15, 0.2) is 5.65 Å². The molecule has 0 unspecified atom stereocenters. The van der Waals surface area contributed by atoms with E-state index < -0.39 is 5.97 Å². The lowest BCUT2D eigenvalue weighted by Gasteiger charge is -2.09. The molecule has 0 aliphatic carbocycles. The maximum Gasteiger partial charge on any atom is 0.336 e. The number of carbonyl (C=O) groups is 1. The normalized spacial score (nSPS) is 11.3. The molecule has 0 atom stereocenters. The number of aryl methyl sites for hydroxylation is 1. The van der Waals surface area contributed by atoms with Gasteiger partial charge in [-0.1, -0.05) is 30.3 Å². The summed E-state index contributed by atoms with van der Waals surface area (Å²) in [5.74, 6) is -0.962. The largest absolute Gasteiger partial charge is 0.478 e. The zero-order valence-electron chi connectivity index (χ0n) is 12.7. The highest BCUT2D eigenvalue weighted by molar-refractivity contribution is 6.04. The zero-order valence-corrected chi connectivity index (χ0v) is 12.7. The average Bonchev–Trinajstić information content (AvgIpc) is 2.84. The van der Waals surface area contributed by atoms with Crippen LogP contribution in [0.3, 0.4) is 0 Å². The van der Waals surface area contributed by atoms with Crippen molar-refractivity contribution < 1.29 is 9.90 Å². The Labute approximate surface area is 128 Å². The number of nitrogens with zero attached hydrogens (tertiary/aromatic N) is 3. The zero-order chi connectivity index (χ0) is 15.9. The van der Waals surface area contributed by atoms with Gasteiger partial charge < -0.3 is 5.11 Å². The molecular weight excluding hydrogens is 278 g/mol. The Morgan fingerprint density at radius 1 is 1.23 bits per heavy atom. The van der Waals surface area contributed by atoms with Crippen LogP contribution in [-0.2, 0) is 0 Å². The summed E-state index contributed by atoms with van der Waals surface area (Å²) in [4.78, 5) is 16.3. The van der Waals surface area contributed by atoms with Crippen molar-refractivity contribution in [3.63, 3.8) is 0 Å². The van der Waals surface area contributed by atoms with E-state index in [1.165, 1.54) is 0 Å². The minimum absolute atomic E-state index is 0.108. The Morgan fingerprint density at radius 3 is 2.50 bits per heavy atom. The van der Waals surface area contributed by atoms with Gasteiger partial charge in [-0.05, 0) is 26.8 Å². The average molecular weight is 295 g/mol. The van der Waals surface area contributed by atoms with Gasteiger partial charge in [0.2, 0.25) is 0 Å². The third-order valence-electron chi connectivity index (χ3n) is 3.63. The summed E-state index contributed by atoms with van der Waals surface area (Å²) in [6.45, 7) is 5.82. The van der Waals surface area contributed by atoms with Gasteiger partial charge in [0.1, 0.15) is 0 Å². The van der Waals surface area contributed by atoms with E-state index in [0.29, 0.717) is 22.4 Å². The van der Waals surface area contributed by atoms with E-state index in [9.17, 15) is 9.90 Å². The molecular formula is C17H17N3O2. The molecule has 2 heterocycles. The standard InChI is InChI=1S/C17H17N3O2/c1-10(2)20-16-15(11(3)19-20)13(17(21)22)9-14(18-16)12-7-5-4-6-8-12/h4-10H,1-3H3,(H,21,22). The fourth-order valence-corrected chi connectivity index (χ4v) is 2.60. The fraction of sp³-hybridized carbons (Fsp3) is 0.235.